The van der Waals surface area contributed by atoms with Gasteiger partial charge in [-0.05, 0) is 64.4 Å². The molecule has 2 heterocycles. The van der Waals surface area contributed by atoms with Crippen LogP contribution in [-0.4, -0.2) is 9.97 Å². The smallest absolute Gasteiger partial charge is 0.116 e. The molecule has 5 rings (SSSR count). The van der Waals surface area contributed by atoms with Crippen molar-refractivity contribution in [3.63, 3.8) is 0 Å². The highest BCUT2D eigenvalue weighted by atomic mass is 32.1. The number of hydrogen-bond acceptors (Lipinski definition) is 3. The normalized spacial score (nSPS) is 12.2. The molecule has 0 fully saturated rings. The molecule has 0 saturated heterocycles. The molecule has 0 aliphatic rings. The van der Waals surface area contributed by atoms with Gasteiger partial charge in [-0.3, -0.25) is 0 Å². The van der Waals surface area contributed by atoms with Crippen molar-refractivity contribution in [1.29, 1.82) is 0 Å². The molecule has 33 heavy (non-hydrogen) atoms. The zero-order valence-corrected chi connectivity index (χ0v) is 20.8. The highest BCUT2D eigenvalue weighted by molar-refractivity contribution is 7.19. The summed E-state index contributed by atoms with van der Waals surface area (Å²) in [6.45, 7) is 11.4. The number of aromatic nitrogens is 2. The molecule has 0 radical (unpaired) electrons. The summed E-state index contributed by atoms with van der Waals surface area (Å²) < 4.78 is 1.32. The lowest BCUT2D eigenvalue weighted by Crippen LogP contribution is -2.12. The Morgan fingerprint density at radius 1 is 0.818 bits per heavy atom. The van der Waals surface area contributed by atoms with Gasteiger partial charge in [0.1, 0.15) is 6.33 Å². The second-order valence-corrected chi connectivity index (χ2v) is 11.5. The van der Waals surface area contributed by atoms with E-state index in [1.54, 1.807) is 6.33 Å². The molecule has 5 aromatic rings. The quantitative estimate of drug-likeness (QED) is 0.274. The minimum Gasteiger partial charge on any atom is -0.236 e. The molecule has 0 amide bonds. The SMILES string of the molecule is CC(C)Cc1cc2c(-c3cc(-c4cc(C(C)(C)C)c5ccccc5c4)ncn3)cccc2s1. The van der Waals surface area contributed by atoms with E-state index in [1.807, 2.05) is 11.3 Å². The first-order chi connectivity index (χ1) is 15.8. The monoisotopic (exact) mass is 450 g/mol. The highest BCUT2D eigenvalue weighted by Gasteiger charge is 2.19. The Morgan fingerprint density at radius 3 is 2.39 bits per heavy atom. The molecule has 0 aliphatic heterocycles. The molecular weight excluding hydrogens is 420 g/mol. The molecule has 3 aromatic carbocycles. The van der Waals surface area contributed by atoms with Gasteiger partial charge >= 0.3 is 0 Å². The second kappa shape index (κ2) is 8.39. The van der Waals surface area contributed by atoms with Crippen LogP contribution in [0.4, 0.5) is 0 Å². The molecular formula is C30H30N2S. The number of benzene rings is 3. The van der Waals surface area contributed by atoms with Gasteiger partial charge in [0.25, 0.3) is 0 Å². The Bertz CT molecular complexity index is 1450. The number of hydrogen-bond donors (Lipinski definition) is 0. The van der Waals surface area contributed by atoms with Gasteiger partial charge in [-0.1, -0.05) is 71.0 Å². The summed E-state index contributed by atoms with van der Waals surface area (Å²) in [6, 6.07) is 24.2. The topological polar surface area (TPSA) is 25.8 Å². The largest absolute Gasteiger partial charge is 0.236 e. The Hall–Kier alpha value is -3.04. The van der Waals surface area contributed by atoms with E-state index >= 15 is 0 Å². The molecule has 0 spiro atoms. The summed E-state index contributed by atoms with van der Waals surface area (Å²) in [5.74, 6) is 0.650. The van der Waals surface area contributed by atoms with Crippen LogP contribution in [0.3, 0.4) is 0 Å². The van der Waals surface area contributed by atoms with Gasteiger partial charge in [0, 0.05) is 26.1 Å². The maximum absolute atomic E-state index is 4.68. The van der Waals surface area contributed by atoms with Crippen LogP contribution in [0.5, 0.6) is 0 Å². The van der Waals surface area contributed by atoms with Crippen LogP contribution in [0, 0.1) is 5.92 Å². The third kappa shape index (κ3) is 4.30. The van der Waals surface area contributed by atoms with E-state index in [0.717, 1.165) is 23.4 Å². The van der Waals surface area contributed by atoms with Crippen molar-refractivity contribution < 1.29 is 0 Å². The molecule has 0 N–H and O–H groups in total. The van der Waals surface area contributed by atoms with Crippen molar-refractivity contribution in [3.8, 4) is 22.5 Å². The van der Waals surface area contributed by atoms with Crippen molar-refractivity contribution >= 4 is 32.2 Å². The summed E-state index contributed by atoms with van der Waals surface area (Å²) in [5.41, 5.74) is 5.64. The van der Waals surface area contributed by atoms with Crippen LogP contribution < -0.4 is 0 Å². The maximum atomic E-state index is 4.68. The van der Waals surface area contributed by atoms with Crippen LogP contribution in [0.25, 0.3) is 43.4 Å². The van der Waals surface area contributed by atoms with Crippen molar-refractivity contribution in [3.05, 3.63) is 83.5 Å². The standard InChI is InChI=1S/C30H30N2S/c1-19(2)13-22-16-25-24(11-8-12-29(25)33-22)28-17-27(31-18-32-28)21-14-20-9-6-7-10-23(20)26(15-21)30(3,4)5/h6-12,14-19H,13H2,1-5H3. The molecule has 166 valence electrons. The van der Waals surface area contributed by atoms with E-state index in [1.165, 1.54) is 36.9 Å². The fraction of sp³-hybridized carbons (Fsp3) is 0.267. The van der Waals surface area contributed by atoms with Crippen molar-refractivity contribution in [2.75, 3.05) is 0 Å². The zero-order chi connectivity index (χ0) is 23.2. The average Bonchev–Trinajstić information content (AvgIpc) is 3.19. The van der Waals surface area contributed by atoms with Gasteiger partial charge in [-0.25, -0.2) is 9.97 Å². The minimum absolute atomic E-state index is 0.0422. The maximum Gasteiger partial charge on any atom is 0.116 e. The number of fused-ring (bicyclic) bond motifs is 2. The van der Waals surface area contributed by atoms with Gasteiger partial charge in [0.2, 0.25) is 0 Å². The molecule has 0 atom stereocenters. The molecule has 0 aliphatic carbocycles. The van der Waals surface area contributed by atoms with Gasteiger partial charge < -0.3 is 0 Å². The molecule has 2 nitrogen and oxygen atoms in total. The lowest BCUT2D eigenvalue weighted by atomic mass is 9.82. The minimum atomic E-state index is 0.0422. The fourth-order valence-electron chi connectivity index (χ4n) is 4.58. The Kier molecular flexibility index (Phi) is 5.54. The van der Waals surface area contributed by atoms with E-state index < -0.39 is 0 Å². The molecule has 0 bridgehead atoms. The predicted molar refractivity (Wildman–Crippen MR) is 143 cm³/mol. The zero-order valence-electron chi connectivity index (χ0n) is 20.0. The van der Waals surface area contributed by atoms with E-state index in [-0.39, 0.29) is 5.41 Å². The third-order valence-corrected chi connectivity index (χ3v) is 7.25. The van der Waals surface area contributed by atoms with E-state index in [2.05, 4.69) is 111 Å². The van der Waals surface area contributed by atoms with Gasteiger partial charge in [0.05, 0.1) is 11.4 Å². The van der Waals surface area contributed by atoms with Gasteiger partial charge in [-0.15, -0.1) is 11.3 Å². The lowest BCUT2D eigenvalue weighted by Gasteiger charge is -2.22. The first kappa shape index (κ1) is 21.8. The van der Waals surface area contributed by atoms with Gasteiger partial charge in [0.15, 0.2) is 0 Å². The Balaban J connectivity index is 1.64. The summed E-state index contributed by atoms with van der Waals surface area (Å²) in [7, 11) is 0. The molecule has 0 unspecified atom stereocenters. The first-order valence-corrected chi connectivity index (χ1v) is 12.5. The molecule has 0 saturated carbocycles. The van der Waals surface area contributed by atoms with Crippen molar-refractivity contribution in [2.24, 2.45) is 5.92 Å². The van der Waals surface area contributed by atoms with Gasteiger partial charge in [-0.2, -0.15) is 0 Å². The highest BCUT2D eigenvalue weighted by Crippen LogP contribution is 2.37. The average molecular weight is 451 g/mol. The summed E-state index contributed by atoms with van der Waals surface area (Å²) in [6.07, 6.45) is 2.82. The van der Waals surface area contributed by atoms with Crippen molar-refractivity contribution in [2.45, 2.75) is 46.5 Å². The lowest BCUT2D eigenvalue weighted by molar-refractivity contribution is 0.596. The summed E-state index contributed by atoms with van der Waals surface area (Å²) in [5, 5.41) is 3.85. The summed E-state index contributed by atoms with van der Waals surface area (Å²) >= 11 is 1.90. The van der Waals surface area contributed by atoms with Crippen LogP contribution in [0.15, 0.2) is 73.1 Å². The van der Waals surface area contributed by atoms with E-state index in [0.29, 0.717) is 5.92 Å². The summed E-state index contributed by atoms with van der Waals surface area (Å²) in [4.78, 5) is 10.8. The van der Waals surface area contributed by atoms with Crippen LogP contribution >= 0.6 is 11.3 Å². The predicted octanol–water partition coefficient (Wildman–Crippen LogP) is 8.67. The first-order valence-electron chi connectivity index (χ1n) is 11.7. The number of nitrogens with zero attached hydrogens (tertiary/aromatic N) is 2. The second-order valence-electron chi connectivity index (χ2n) is 10.3. The van der Waals surface area contributed by atoms with E-state index in [9.17, 15) is 0 Å². The number of rotatable bonds is 4. The third-order valence-electron chi connectivity index (χ3n) is 6.13. The Morgan fingerprint density at radius 2 is 1.61 bits per heavy atom. The molecule has 3 heteroatoms. The van der Waals surface area contributed by atoms with Crippen LogP contribution in [0.2, 0.25) is 0 Å². The van der Waals surface area contributed by atoms with E-state index in [4.69, 9.17) is 0 Å². The Labute approximate surface area is 200 Å². The van der Waals surface area contributed by atoms with Crippen molar-refractivity contribution in [1.82, 2.24) is 9.97 Å². The molecule has 2 aromatic heterocycles. The van der Waals surface area contributed by atoms with Crippen LogP contribution in [-0.2, 0) is 11.8 Å². The number of thiophene rings is 1. The van der Waals surface area contributed by atoms with Crippen LogP contribution in [0.1, 0.15) is 45.1 Å². The fourth-order valence-corrected chi connectivity index (χ4v) is 5.88.